The Balaban J connectivity index is 2.25. The summed E-state index contributed by atoms with van der Waals surface area (Å²) < 4.78 is 0. The van der Waals surface area contributed by atoms with Gasteiger partial charge in [-0.05, 0) is 54.3 Å². The molecule has 0 saturated carbocycles. The summed E-state index contributed by atoms with van der Waals surface area (Å²) >= 11 is 0. The van der Waals surface area contributed by atoms with Gasteiger partial charge in [-0.25, -0.2) is 5.48 Å². The summed E-state index contributed by atoms with van der Waals surface area (Å²) in [7, 11) is 0. The molecule has 0 bridgehead atoms. The number of hydroxylamine groups is 1. The van der Waals surface area contributed by atoms with Crippen molar-refractivity contribution in [2.45, 2.75) is 33.1 Å². The van der Waals surface area contributed by atoms with Crippen LogP contribution in [0.25, 0.3) is 0 Å². The number of benzene rings is 2. The Bertz CT molecular complexity index is 744. The molecule has 0 saturated heterocycles. The number of carbonyl (C=O) groups is 2. The van der Waals surface area contributed by atoms with Gasteiger partial charge in [-0.1, -0.05) is 32.9 Å². The van der Waals surface area contributed by atoms with Crippen molar-refractivity contribution in [2.24, 2.45) is 0 Å². The van der Waals surface area contributed by atoms with Crippen molar-refractivity contribution in [3.05, 3.63) is 65.2 Å². The van der Waals surface area contributed by atoms with E-state index in [1.807, 2.05) is 31.2 Å². The largest absolute Gasteiger partial charge is 0.309 e. The molecule has 2 amide bonds. The van der Waals surface area contributed by atoms with E-state index in [4.69, 9.17) is 5.21 Å². The van der Waals surface area contributed by atoms with Crippen molar-refractivity contribution < 1.29 is 14.8 Å². The number of anilines is 1. The van der Waals surface area contributed by atoms with Gasteiger partial charge in [0.1, 0.15) is 0 Å². The van der Waals surface area contributed by atoms with Gasteiger partial charge in [0.05, 0.1) is 0 Å². The van der Waals surface area contributed by atoms with Gasteiger partial charge in [0, 0.05) is 23.4 Å². The van der Waals surface area contributed by atoms with Gasteiger partial charge in [-0.2, -0.15) is 0 Å². The second kappa shape index (κ2) is 7.49. The van der Waals surface area contributed by atoms with Crippen molar-refractivity contribution in [3.63, 3.8) is 0 Å². The quantitative estimate of drug-likeness (QED) is 0.657. The Morgan fingerprint density at radius 1 is 0.960 bits per heavy atom. The van der Waals surface area contributed by atoms with Crippen molar-refractivity contribution in [2.75, 3.05) is 11.4 Å². The van der Waals surface area contributed by atoms with Gasteiger partial charge in [0.25, 0.3) is 11.8 Å². The minimum absolute atomic E-state index is 0.0368. The number of nitrogens with one attached hydrogen (secondary N) is 1. The smallest absolute Gasteiger partial charge is 0.274 e. The van der Waals surface area contributed by atoms with E-state index in [-0.39, 0.29) is 11.3 Å². The molecule has 5 heteroatoms. The van der Waals surface area contributed by atoms with Crippen LogP contribution < -0.4 is 10.4 Å². The molecule has 0 spiro atoms. The molecular weight excluding hydrogens is 316 g/mol. The number of hydrogen-bond donors (Lipinski definition) is 2. The summed E-state index contributed by atoms with van der Waals surface area (Å²) in [6, 6.07) is 14.2. The van der Waals surface area contributed by atoms with E-state index in [2.05, 4.69) is 20.8 Å². The molecule has 2 N–H and O–H groups in total. The van der Waals surface area contributed by atoms with Crippen LogP contribution in [0, 0.1) is 0 Å². The Labute approximate surface area is 148 Å². The molecule has 0 fully saturated rings. The second-order valence-corrected chi connectivity index (χ2v) is 6.86. The molecule has 0 atom stereocenters. The van der Waals surface area contributed by atoms with Gasteiger partial charge in [-0.3, -0.25) is 14.8 Å². The highest BCUT2D eigenvalue weighted by molar-refractivity contribution is 6.06. The lowest BCUT2D eigenvalue weighted by atomic mass is 9.86. The second-order valence-electron chi connectivity index (χ2n) is 6.86. The lowest BCUT2D eigenvalue weighted by molar-refractivity contribution is 0.0706. The molecule has 2 aromatic carbocycles. The van der Waals surface area contributed by atoms with Crippen molar-refractivity contribution in [3.8, 4) is 0 Å². The van der Waals surface area contributed by atoms with Crippen LogP contribution in [0.15, 0.2) is 48.5 Å². The number of rotatable bonds is 4. The lowest BCUT2D eigenvalue weighted by Gasteiger charge is -2.23. The maximum absolute atomic E-state index is 12.8. The Kier molecular flexibility index (Phi) is 5.59. The zero-order chi connectivity index (χ0) is 18.6. The zero-order valence-corrected chi connectivity index (χ0v) is 15.0. The van der Waals surface area contributed by atoms with Gasteiger partial charge < -0.3 is 4.90 Å². The number of hydrogen-bond acceptors (Lipinski definition) is 3. The van der Waals surface area contributed by atoms with E-state index in [0.29, 0.717) is 23.4 Å². The first-order valence-corrected chi connectivity index (χ1v) is 8.25. The normalized spacial score (nSPS) is 11.1. The molecular formula is C20H24N2O3. The molecule has 0 unspecified atom stereocenters. The molecule has 5 nitrogen and oxygen atoms in total. The van der Waals surface area contributed by atoms with Crippen LogP contribution in [0.2, 0.25) is 0 Å². The average molecular weight is 340 g/mol. The fourth-order valence-corrected chi connectivity index (χ4v) is 2.57. The average Bonchev–Trinajstić information content (AvgIpc) is 2.61. The minimum Gasteiger partial charge on any atom is -0.309 e. The molecule has 2 rings (SSSR count). The molecule has 132 valence electrons. The third kappa shape index (κ3) is 4.25. The third-order valence-electron chi connectivity index (χ3n) is 4.10. The Morgan fingerprint density at radius 2 is 1.48 bits per heavy atom. The highest BCUT2D eigenvalue weighted by atomic mass is 16.5. The summed E-state index contributed by atoms with van der Waals surface area (Å²) in [6.45, 7) is 8.80. The van der Waals surface area contributed by atoms with E-state index in [1.54, 1.807) is 34.6 Å². The van der Waals surface area contributed by atoms with Crippen LogP contribution in [0.1, 0.15) is 54.0 Å². The predicted octanol–water partition coefficient (Wildman–Crippen LogP) is 3.77. The minimum atomic E-state index is -0.585. The van der Waals surface area contributed by atoms with Crippen LogP contribution in [0.4, 0.5) is 5.69 Å². The van der Waals surface area contributed by atoms with E-state index < -0.39 is 5.91 Å². The Morgan fingerprint density at radius 3 is 1.92 bits per heavy atom. The van der Waals surface area contributed by atoms with Crippen LogP contribution in [0.5, 0.6) is 0 Å². The van der Waals surface area contributed by atoms with E-state index in [1.165, 1.54) is 5.56 Å². The van der Waals surface area contributed by atoms with Gasteiger partial charge >= 0.3 is 0 Å². The van der Waals surface area contributed by atoms with Gasteiger partial charge in [0.15, 0.2) is 0 Å². The number of nitrogens with zero attached hydrogens (tertiary/aromatic N) is 1. The number of carbonyl (C=O) groups excluding carboxylic acids is 2. The first kappa shape index (κ1) is 18.7. The van der Waals surface area contributed by atoms with Crippen molar-refractivity contribution in [1.29, 1.82) is 0 Å². The van der Waals surface area contributed by atoms with Crippen LogP contribution in [-0.2, 0) is 5.41 Å². The summed E-state index contributed by atoms with van der Waals surface area (Å²) in [6.07, 6.45) is 0. The van der Waals surface area contributed by atoms with Gasteiger partial charge in [-0.15, -0.1) is 0 Å². The van der Waals surface area contributed by atoms with Crippen LogP contribution in [0.3, 0.4) is 0 Å². The fraction of sp³-hybridized carbons (Fsp3) is 0.300. The summed E-state index contributed by atoms with van der Waals surface area (Å²) in [5, 5.41) is 8.67. The fourth-order valence-electron chi connectivity index (χ4n) is 2.57. The molecule has 2 aromatic rings. The summed E-state index contributed by atoms with van der Waals surface area (Å²) in [5.74, 6) is -0.680. The molecule has 0 aromatic heterocycles. The van der Waals surface area contributed by atoms with Crippen molar-refractivity contribution >= 4 is 17.5 Å². The first-order chi connectivity index (χ1) is 11.8. The predicted molar refractivity (Wildman–Crippen MR) is 98.2 cm³/mol. The Hall–Kier alpha value is -2.66. The summed E-state index contributed by atoms with van der Waals surface area (Å²) in [5.41, 5.74) is 4.44. The summed E-state index contributed by atoms with van der Waals surface area (Å²) in [4.78, 5) is 25.9. The van der Waals surface area contributed by atoms with Gasteiger partial charge in [0.2, 0.25) is 0 Å². The van der Waals surface area contributed by atoms with Crippen molar-refractivity contribution in [1.82, 2.24) is 5.48 Å². The molecule has 0 aliphatic rings. The first-order valence-electron chi connectivity index (χ1n) is 8.25. The maximum atomic E-state index is 12.8. The van der Waals surface area contributed by atoms with Crippen LogP contribution in [-0.4, -0.2) is 23.6 Å². The SMILES string of the molecule is CCN(C(=O)c1ccc(C(C)(C)C)cc1)c1ccc(C(=O)NO)cc1. The number of amides is 2. The molecule has 0 aliphatic heterocycles. The van der Waals surface area contributed by atoms with E-state index in [9.17, 15) is 9.59 Å². The molecule has 25 heavy (non-hydrogen) atoms. The van der Waals surface area contributed by atoms with E-state index >= 15 is 0 Å². The van der Waals surface area contributed by atoms with E-state index in [0.717, 1.165) is 0 Å². The lowest BCUT2D eigenvalue weighted by Crippen LogP contribution is -2.30. The topological polar surface area (TPSA) is 69.6 Å². The van der Waals surface area contributed by atoms with Crippen LogP contribution >= 0.6 is 0 Å². The third-order valence-corrected chi connectivity index (χ3v) is 4.10. The standard InChI is InChI=1S/C20H24N2O3/c1-5-22(17-12-8-14(9-13-17)18(23)21-25)19(24)15-6-10-16(11-7-15)20(2,3)4/h6-13,25H,5H2,1-4H3,(H,21,23). The molecule has 0 radical (unpaired) electrons. The molecule has 0 aliphatic carbocycles. The highest BCUT2D eigenvalue weighted by Gasteiger charge is 2.18. The monoisotopic (exact) mass is 340 g/mol. The highest BCUT2D eigenvalue weighted by Crippen LogP contribution is 2.23. The maximum Gasteiger partial charge on any atom is 0.274 e. The molecule has 0 heterocycles. The zero-order valence-electron chi connectivity index (χ0n) is 15.0.